The van der Waals surface area contributed by atoms with E-state index in [0.717, 1.165) is 19.3 Å². The Morgan fingerprint density at radius 1 is 1.30 bits per heavy atom. The van der Waals surface area contributed by atoms with Gasteiger partial charge in [0.25, 0.3) is 0 Å². The quantitative estimate of drug-likeness (QED) is 0.770. The van der Waals surface area contributed by atoms with Crippen LogP contribution in [0.2, 0.25) is 0 Å². The van der Waals surface area contributed by atoms with Gasteiger partial charge in [0.2, 0.25) is 0 Å². The lowest BCUT2D eigenvalue weighted by molar-refractivity contribution is -0.0412. The molecule has 2 rings (SSSR count). The second kappa shape index (κ2) is 6.35. The average Bonchev–Trinajstić information content (AvgIpc) is 2.47. The molecule has 0 atom stereocenters. The maximum absolute atomic E-state index is 13.5. The van der Waals surface area contributed by atoms with Crippen molar-refractivity contribution < 1.29 is 18.7 Å². The van der Waals surface area contributed by atoms with Gasteiger partial charge in [-0.25, -0.2) is 4.39 Å². The normalized spacial score (nSPS) is 17.8. The molecule has 0 bridgehead atoms. The highest BCUT2D eigenvalue weighted by atomic mass is 19.1. The lowest BCUT2D eigenvalue weighted by atomic mass is 9.79. The third-order valence-corrected chi connectivity index (χ3v) is 3.90. The number of rotatable bonds is 5. The van der Waals surface area contributed by atoms with Crippen LogP contribution in [0.3, 0.4) is 0 Å². The number of ether oxygens (including phenoxy) is 2. The van der Waals surface area contributed by atoms with Crippen LogP contribution in [0.25, 0.3) is 0 Å². The van der Waals surface area contributed by atoms with E-state index in [-0.39, 0.29) is 11.3 Å². The zero-order chi connectivity index (χ0) is 14.6. The number of hydrogen-bond acceptors (Lipinski definition) is 3. The Balaban J connectivity index is 2.39. The molecule has 1 saturated carbocycles. The third kappa shape index (κ3) is 2.85. The monoisotopic (exact) mass is 280 g/mol. The van der Waals surface area contributed by atoms with Gasteiger partial charge < -0.3 is 9.47 Å². The summed E-state index contributed by atoms with van der Waals surface area (Å²) in [5.74, 6) is -0.187. The summed E-state index contributed by atoms with van der Waals surface area (Å²) in [5, 5.41) is 0. The Kier molecular flexibility index (Phi) is 4.76. The first kappa shape index (κ1) is 15.0. The minimum Gasteiger partial charge on any atom is -0.496 e. The Hall–Kier alpha value is -1.42. The summed E-state index contributed by atoms with van der Waals surface area (Å²) in [6.07, 6.45) is 4.42. The number of halogens is 1. The van der Waals surface area contributed by atoms with Crippen molar-refractivity contribution in [1.29, 1.82) is 0 Å². The predicted octanol–water partition coefficient (Wildman–Crippen LogP) is 3.76. The molecule has 0 unspecified atom stereocenters. The molecule has 0 aliphatic heterocycles. The summed E-state index contributed by atoms with van der Waals surface area (Å²) in [6.45, 7) is 2.36. The first-order chi connectivity index (χ1) is 9.63. The Morgan fingerprint density at radius 2 is 2.00 bits per heavy atom. The molecule has 1 aliphatic rings. The topological polar surface area (TPSA) is 35.5 Å². The van der Waals surface area contributed by atoms with Gasteiger partial charge in [-0.1, -0.05) is 19.3 Å². The van der Waals surface area contributed by atoms with E-state index in [1.165, 1.54) is 25.3 Å². The van der Waals surface area contributed by atoms with Crippen molar-refractivity contribution in [3.8, 4) is 5.75 Å². The second-order valence-electron chi connectivity index (χ2n) is 5.16. The highest BCUT2D eigenvalue weighted by Crippen LogP contribution is 2.36. The summed E-state index contributed by atoms with van der Waals surface area (Å²) in [5.41, 5.74) is -0.531. The number of hydrogen-bond donors (Lipinski definition) is 0. The van der Waals surface area contributed by atoms with Gasteiger partial charge in [-0.15, -0.1) is 0 Å². The van der Waals surface area contributed by atoms with Crippen molar-refractivity contribution in [2.75, 3.05) is 13.7 Å². The molecule has 0 N–H and O–H groups in total. The van der Waals surface area contributed by atoms with E-state index in [2.05, 4.69) is 0 Å². The molecule has 0 saturated heterocycles. The summed E-state index contributed by atoms with van der Waals surface area (Å²) in [7, 11) is 1.48. The lowest BCUT2D eigenvalue weighted by Crippen LogP contribution is -2.43. The fourth-order valence-corrected chi connectivity index (χ4v) is 2.94. The first-order valence-electron chi connectivity index (χ1n) is 7.15. The zero-order valence-corrected chi connectivity index (χ0v) is 12.1. The average molecular weight is 280 g/mol. The fourth-order valence-electron chi connectivity index (χ4n) is 2.94. The first-order valence-corrected chi connectivity index (χ1v) is 7.15. The molecule has 0 spiro atoms. The van der Waals surface area contributed by atoms with E-state index in [1.807, 2.05) is 6.92 Å². The molecule has 1 aromatic rings. The van der Waals surface area contributed by atoms with Crippen molar-refractivity contribution >= 4 is 5.78 Å². The van der Waals surface area contributed by atoms with Gasteiger partial charge in [-0.3, -0.25) is 4.79 Å². The SMILES string of the molecule is CCOC1(C(=O)c2cc(F)ccc2OC)CCCCC1. The van der Waals surface area contributed by atoms with Crippen LogP contribution in [-0.4, -0.2) is 25.1 Å². The van der Waals surface area contributed by atoms with Crippen LogP contribution < -0.4 is 4.74 Å². The Labute approximate surface area is 119 Å². The van der Waals surface area contributed by atoms with E-state index in [0.29, 0.717) is 25.2 Å². The molecule has 1 fully saturated rings. The lowest BCUT2D eigenvalue weighted by Gasteiger charge is -2.35. The minimum atomic E-state index is -0.811. The maximum atomic E-state index is 13.5. The zero-order valence-electron chi connectivity index (χ0n) is 12.1. The smallest absolute Gasteiger partial charge is 0.198 e. The van der Waals surface area contributed by atoms with E-state index in [9.17, 15) is 9.18 Å². The van der Waals surface area contributed by atoms with Crippen LogP contribution in [0, 0.1) is 5.82 Å². The van der Waals surface area contributed by atoms with Gasteiger partial charge in [-0.05, 0) is 38.0 Å². The molecule has 0 amide bonds. The van der Waals surface area contributed by atoms with Crippen LogP contribution in [0.4, 0.5) is 4.39 Å². The van der Waals surface area contributed by atoms with Crippen LogP contribution >= 0.6 is 0 Å². The summed E-state index contributed by atoms with van der Waals surface area (Å²) in [4.78, 5) is 12.9. The highest BCUT2D eigenvalue weighted by Gasteiger charge is 2.41. The van der Waals surface area contributed by atoms with E-state index >= 15 is 0 Å². The molecule has 0 radical (unpaired) electrons. The molecule has 20 heavy (non-hydrogen) atoms. The molecule has 110 valence electrons. The number of carbonyl (C=O) groups excluding carboxylic acids is 1. The number of ketones is 1. The second-order valence-corrected chi connectivity index (χ2v) is 5.16. The molecule has 3 nitrogen and oxygen atoms in total. The van der Waals surface area contributed by atoms with Gasteiger partial charge >= 0.3 is 0 Å². The largest absolute Gasteiger partial charge is 0.496 e. The summed E-state index contributed by atoms with van der Waals surface area (Å²) < 4.78 is 24.5. The third-order valence-electron chi connectivity index (χ3n) is 3.90. The summed E-state index contributed by atoms with van der Waals surface area (Å²) in [6, 6.07) is 4.03. The molecule has 0 heterocycles. The van der Waals surface area contributed by atoms with Crippen LogP contribution in [0.5, 0.6) is 5.75 Å². The van der Waals surface area contributed by atoms with Crippen molar-refractivity contribution in [3.63, 3.8) is 0 Å². The van der Waals surface area contributed by atoms with Gasteiger partial charge in [0.05, 0.1) is 12.7 Å². The van der Waals surface area contributed by atoms with Crippen molar-refractivity contribution in [3.05, 3.63) is 29.6 Å². The Bertz CT molecular complexity index is 473. The number of methoxy groups -OCH3 is 1. The molecular formula is C16H21FO3. The van der Waals surface area contributed by atoms with Crippen LogP contribution in [0.15, 0.2) is 18.2 Å². The highest BCUT2D eigenvalue weighted by molar-refractivity contribution is 6.04. The number of Topliss-reactive ketones (excluding diaryl/α,β-unsaturated/α-hetero) is 1. The Morgan fingerprint density at radius 3 is 2.60 bits per heavy atom. The van der Waals surface area contributed by atoms with Gasteiger partial charge in [-0.2, -0.15) is 0 Å². The van der Waals surface area contributed by atoms with Gasteiger partial charge in [0, 0.05) is 6.61 Å². The van der Waals surface area contributed by atoms with Gasteiger partial charge in [0.15, 0.2) is 5.78 Å². The van der Waals surface area contributed by atoms with Crippen molar-refractivity contribution in [2.45, 2.75) is 44.6 Å². The minimum absolute atomic E-state index is 0.157. The van der Waals surface area contributed by atoms with Crippen molar-refractivity contribution in [2.24, 2.45) is 0 Å². The van der Waals surface area contributed by atoms with Crippen molar-refractivity contribution in [1.82, 2.24) is 0 Å². The maximum Gasteiger partial charge on any atom is 0.198 e. The molecular weight excluding hydrogens is 259 g/mol. The molecule has 4 heteroatoms. The van der Waals surface area contributed by atoms with Crippen LogP contribution in [-0.2, 0) is 4.74 Å². The standard InChI is InChI=1S/C16H21FO3/c1-3-20-16(9-5-4-6-10-16)15(18)13-11-12(17)7-8-14(13)19-2/h7-8,11H,3-6,9-10H2,1-2H3. The molecule has 1 aliphatic carbocycles. The van der Waals surface area contributed by atoms with E-state index < -0.39 is 11.4 Å². The molecule has 0 aromatic heterocycles. The summed E-state index contributed by atoms with van der Waals surface area (Å²) >= 11 is 0. The van der Waals surface area contributed by atoms with Crippen LogP contribution in [0.1, 0.15) is 49.4 Å². The number of carbonyl (C=O) groups is 1. The van der Waals surface area contributed by atoms with E-state index in [4.69, 9.17) is 9.47 Å². The molecule has 1 aromatic carbocycles. The van der Waals surface area contributed by atoms with Gasteiger partial charge in [0.1, 0.15) is 17.2 Å². The fraction of sp³-hybridized carbons (Fsp3) is 0.562. The van der Waals surface area contributed by atoms with E-state index in [1.54, 1.807) is 0 Å². The predicted molar refractivity (Wildman–Crippen MR) is 74.7 cm³/mol. The number of benzene rings is 1.